The predicted octanol–water partition coefficient (Wildman–Crippen LogP) is 1.22. The minimum absolute atomic E-state index is 0.00357. The van der Waals surface area contributed by atoms with Crippen LogP contribution in [0, 0.1) is 11.2 Å². The Hall–Kier alpha value is -1.33. The van der Waals surface area contributed by atoms with Crippen LogP contribution in [0.25, 0.3) is 0 Å². The van der Waals surface area contributed by atoms with Crippen molar-refractivity contribution in [2.45, 2.75) is 0 Å². The van der Waals surface area contributed by atoms with Crippen molar-refractivity contribution in [2.75, 3.05) is 38.7 Å². The van der Waals surface area contributed by atoms with Crippen molar-refractivity contribution in [3.05, 3.63) is 24.0 Å². The Morgan fingerprint density at radius 1 is 1.53 bits per heavy atom. The van der Waals surface area contributed by atoms with E-state index in [-0.39, 0.29) is 17.0 Å². The van der Waals surface area contributed by atoms with Crippen LogP contribution in [0.4, 0.5) is 10.1 Å². The van der Waals surface area contributed by atoms with Gasteiger partial charge in [-0.3, -0.25) is 0 Å². The van der Waals surface area contributed by atoms with Crippen molar-refractivity contribution in [1.29, 1.82) is 0 Å². The zero-order valence-electron chi connectivity index (χ0n) is 9.83. The van der Waals surface area contributed by atoms with E-state index in [0.29, 0.717) is 26.3 Å². The van der Waals surface area contributed by atoms with Crippen LogP contribution in [0.15, 0.2) is 18.2 Å². The molecule has 1 fully saturated rings. The molecule has 0 aromatic heterocycles. The lowest BCUT2D eigenvalue weighted by atomic mass is 9.86. The van der Waals surface area contributed by atoms with Crippen molar-refractivity contribution < 1.29 is 13.9 Å². The number of methoxy groups -OCH3 is 1. The summed E-state index contributed by atoms with van der Waals surface area (Å²) in [6, 6.07) is 4.80. The maximum atomic E-state index is 13.4. The molecule has 0 bridgehead atoms. The Morgan fingerprint density at radius 2 is 2.29 bits per heavy atom. The van der Waals surface area contributed by atoms with E-state index in [2.05, 4.69) is 5.32 Å². The smallest absolute Gasteiger partial charge is 0.167 e. The summed E-state index contributed by atoms with van der Waals surface area (Å²) in [5.74, 6) is -0.125. The number of rotatable bonds is 5. The first-order valence-electron chi connectivity index (χ1n) is 5.54. The number of anilines is 1. The van der Waals surface area contributed by atoms with Crippen molar-refractivity contribution in [3.63, 3.8) is 0 Å². The van der Waals surface area contributed by atoms with E-state index in [1.807, 2.05) is 0 Å². The monoisotopic (exact) mass is 240 g/mol. The molecule has 1 aliphatic heterocycles. The Labute approximate surface area is 99.9 Å². The molecule has 0 atom stereocenters. The fraction of sp³-hybridized carbons (Fsp3) is 0.500. The lowest BCUT2D eigenvalue weighted by Gasteiger charge is -2.40. The highest BCUT2D eigenvalue weighted by atomic mass is 19.1. The first kappa shape index (κ1) is 12.1. The van der Waals surface area contributed by atoms with E-state index >= 15 is 0 Å². The zero-order chi connectivity index (χ0) is 12.3. The second-order valence-corrected chi connectivity index (χ2v) is 4.40. The van der Waals surface area contributed by atoms with Gasteiger partial charge in [-0.25, -0.2) is 4.39 Å². The van der Waals surface area contributed by atoms with Crippen LogP contribution >= 0.6 is 0 Å². The number of hydrogen-bond acceptors (Lipinski definition) is 4. The Kier molecular flexibility index (Phi) is 3.49. The Bertz CT molecular complexity index is 389. The van der Waals surface area contributed by atoms with Gasteiger partial charge in [-0.1, -0.05) is 0 Å². The first-order chi connectivity index (χ1) is 8.19. The summed E-state index contributed by atoms with van der Waals surface area (Å²) < 4.78 is 23.5. The van der Waals surface area contributed by atoms with Crippen LogP contribution in [0.5, 0.6) is 5.75 Å². The molecule has 4 nitrogen and oxygen atoms in total. The van der Waals surface area contributed by atoms with E-state index in [9.17, 15) is 4.39 Å². The zero-order valence-corrected chi connectivity index (χ0v) is 9.83. The minimum Gasteiger partial charge on any atom is -0.494 e. The van der Waals surface area contributed by atoms with E-state index in [1.54, 1.807) is 12.1 Å². The van der Waals surface area contributed by atoms with Crippen molar-refractivity contribution in [2.24, 2.45) is 11.1 Å². The van der Waals surface area contributed by atoms with Gasteiger partial charge in [0.05, 0.1) is 20.3 Å². The fourth-order valence-corrected chi connectivity index (χ4v) is 1.75. The van der Waals surface area contributed by atoms with Gasteiger partial charge in [-0.2, -0.15) is 0 Å². The van der Waals surface area contributed by atoms with Crippen LogP contribution in [0.3, 0.4) is 0 Å². The lowest BCUT2D eigenvalue weighted by molar-refractivity contribution is -0.0979. The van der Waals surface area contributed by atoms with Gasteiger partial charge in [0.1, 0.15) is 0 Å². The van der Waals surface area contributed by atoms with Gasteiger partial charge in [0, 0.05) is 30.3 Å². The first-order valence-corrected chi connectivity index (χ1v) is 5.54. The molecule has 0 radical (unpaired) electrons. The molecular formula is C12H17FN2O2. The highest BCUT2D eigenvalue weighted by molar-refractivity contribution is 5.47. The molecule has 0 aliphatic carbocycles. The van der Waals surface area contributed by atoms with Gasteiger partial charge in [-0.15, -0.1) is 0 Å². The topological polar surface area (TPSA) is 56.5 Å². The molecule has 0 unspecified atom stereocenters. The van der Waals surface area contributed by atoms with E-state index in [4.69, 9.17) is 15.2 Å². The summed E-state index contributed by atoms with van der Waals surface area (Å²) in [7, 11) is 1.45. The molecule has 1 aromatic rings. The van der Waals surface area contributed by atoms with Crippen molar-refractivity contribution >= 4 is 5.69 Å². The maximum absolute atomic E-state index is 13.4. The van der Waals surface area contributed by atoms with Gasteiger partial charge >= 0.3 is 0 Å². The van der Waals surface area contributed by atoms with Gasteiger partial charge in [0.25, 0.3) is 0 Å². The molecule has 0 saturated carbocycles. The lowest BCUT2D eigenvalue weighted by Crippen LogP contribution is -2.52. The third-order valence-corrected chi connectivity index (χ3v) is 3.07. The summed E-state index contributed by atoms with van der Waals surface area (Å²) in [6.45, 7) is 2.58. The average Bonchev–Trinajstić information content (AvgIpc) is 2.28. The van der Waals surface area contributed by atoms with E-state index in [1.165, 1.54) is 13.2 Å². The van der Waals surface area contributed by atoms with Crippen molar-refractivity contribution in [1.82, 2.24) is 0 Å². The summed E-state index contributed by atoms with van der Waals surface area (Å²) >= 11 is 0. The van der Waals surface area contributed by atoms with Crippen LogP contribution in [-0.2, 0) is 4.74 Å². The molecule has 0 spiro atoms. The Morgan fingerprint density at radius 3 is 2.76 bits per heavy atom. The molecule has 17 heavy (non-hydrogen) atoms. The average molecular weight is 240 g/mol. The maximum Gasteiger partial charge on any atom is 0.167 e. The highest BCUT2D eigenvalue weighted by Crippen LogP contribution is 2.27. The molecule has 94 valence electrons. The SMILES string of the molecule is COc1ccc(NCC2(CN)COC2)cc1F. The van der Waals surface area contributed by atoms with Crippen molar-refractivity contribution in [3.8, 4) is 5.75 Å². The number of halogens is 1. The normalized spacial score (nSPS) is 17.4. The number of benzene rings is 1. The number of nitrogens with two attached hydrogens (primary N) is 1. The molecule has 5 heteroatoms. The second-order valence-electron chi connectivity index (χ2n) is 4.40. The predicted molar refractivity (Wildman–Crippen MR) is 63.7 cm³/mol. The third kappa shape index (κ3) is 2.50. The Balaban J connectivity index is 1.97. The molecular weight excluding hydrogens is 223 g/mol. The number of hydrogen-bond donors (Lipinski definition) is 2. The number of ether oxygens (including phenoxy) is 2. The summed E-state index contributed by atoms with van der Waals surface area (Å²) in [6.07, 6.45) is 0. The molecule has 1 heterocycles. The van der Waals surface area contributed by atoms with E-state index in [0.717, 1.165) is 5.69 Å². The van der Waals surface area contributed by atoms with Gasteiger partial charge < -0.3 is 20.5 Å². The summed E-state index contributed by atoms with van der Waals surface area (Å²) in [5.41, 5.74) is 6.42. The second kappa shape index (κ2) is 4.89. The molecule has 1 aromatic carbocycles. The molecule has 3 N–H and O–H groups in total. The fourth-order valence-electron chi connectivity index (χ4n) is 1.75. The highest BCUT2D eigenvalue weighted by Gasteiger charge is 2.36. The number of nitrogens with one attached hydrogen (secondary N) is 1. The summed E-state index contributed by atoms with van der Waals surface area (Å²) in [4.78, 5) is 0. The largest absolute Gasteiger partial charge is 0.494 e. The third-order valence-electron chi connectivity index (χ3n) is 3.07. The minimum atomic E-state index is -0.371. The van der Waals surface area contributed by atoms with Crippen LogP contribution < -0.4 is 15.8 Å². The summed E-state index contributed by atoms with van der Waals surface area (Å²) in [5, 5.41) is 3.17. The van der Waals surface area contributed by atoms with Crippen LogP contribution in [-0.4, -0.2) is 33.4 Å². The molecule has 2 rings (SSSR count). The van der Waals surface area contributed by atoms with Crippen LogP contribution in [0.1, 0.15) is 0 Å². The van der Waals surface area contributed by atoms with Gasteiger partial charge in [-0.05, 0) is 12.1 Å². The van der Waals surface area contributed by atoms with E-state index < -0.39 is 0 Å². The molecule has 0 amide bonds. The molecule has 1 saturated heterocycles. The van der Waals surface area contributed by atoms with Gasteiger partial charge in [0.2, 0.25) is 0 Å². The molecule has 1 aliphatic rings. The standard InChI is InChI=1S/C12H17FN2O2/c1-16-11-3-2-9(4-10(11)13)15-6-12(5-14)7-17-8-12/h2-4,15H,5-8,14H2,1H3. The van der Waals surface area contributed by atoms with Gasteiger partial charge in [0.15, 0.2) is 11.6 Å². The quantitative estimate of drug-likeness (QED) is 0.812. The van der Waals surface area contributed by atoms with Crippen LogP contribution in [0.2, 0.25) is 0 Å².